The first kappa shape index (κ1) is 21.1. The number of rotatable bonds is 8. The largest absolute Gasteiger partial charge is 0.462 e. The fourth-order valence-electron chi connectivity index (χ4n) is 2.61. The summed E-state index contributed by atoms with van der Waals surface area (Å²) in [6, 6.07) is 9.22. The number of carbonyl (C=O) groups is 3. The fourth-order valence-corrected chi connectivity index (χ4v) is 3.71. The Hall–Kier alpha value is -3.60. The second-order valence-electron chi connectivity index (χ2n) is 6.10. The van der Waals surface area contributed by atoms with E-state index < -0.39 is 17.8 Å². The number of tetrazole rings is 1. The van der Waals surface area contributed by atoms with Gasteiger partial charge < -0.3 is 14.8 Å². The summed E-state index contributed by atoms with van der Waals surface area (Å²) in [6.45, 7) is 3.52. The highest BCUT2D eigenvalue weighted by atomic mass is 32.1. The Kier molecular flexibility index (Phi) is 6.86. The molecular formula is C19H19N5O5S. The van der Waals surface area contributed by atoms with Crippen molar-refractivity contribution in [2.75, 3.05) is 11.9 Å². The summed E-state index contributed by atoms with van der Waals surface area (Å²) in [5, 5.41) is 15.9. The Morgan fingerprint density at radius 1 is 1.13 bits per heavy atom. The van der Waals surface area contributed by atoms with Crippen molar-refractivity contribution in [3.63, 3.8) is 0 Å². The lowest BCUT2D eigenvalue weighted by Gasteiger charge is -2.06. The second kappa shape index (κ2) is 9.74. The van der Waals surface area contributed by atoms with Crippen LogP contribution in [0.4, 0.5) is 5.00 Å². The van der Waals surface area contributed by atoms with E-state index in [0.717, 1.165) is 16.9 Å². The van der Waals surface area contributed by atoms with Gasteiger partial charge in [0.1, 0.15) is 16.5 Å². The second-order valence-corrected chi connectivity index (χ2v) is 7.12. The number of aromatic nitrogens is 4. The Bertz CT molecular complexity index is 1030. The molecule has 0 aliphatic carbocycles. The molecular weight excluding hydrogens is 410 g/mol. The highest BCUT2D eigenvalue weighted by Gasteiger charge is 2.27. The van der Waals surface area contributed by atoms with Gasteiger partial charge in [-0.2, -0.15) is 5.21 Å². The average Bonchev–Trinajstić information content (AvgIpc) is 3.34. The third kappa shape index (κ3) is 5.06. The standard InChI is InChI=1S/C19H19N5O5S/c1-3-28-18(26)15-11(2)16(19(27)29-10-12-7-5-4-6-8-12)30-17(15)20-14(25)9-13-21-23-24-22-13/h4-8H,3,9-10H2,1-2H3,(H,20,25)(H,21,22,23,24). The number of ether oxygens (including phenoxy) is 2. The van der Waals surface area contributed by atoms with Gasteiger partial charge in [0.25, 0.3) is 0 Å². The highest BCUT2D eigenvalue weighted by molar-refractivity contribution is 7.18. The molecule has 0 unspecified atom stereocenters. The summed E-state index contributed by atoms with van der Waals surface area (Å²) < 4.78 is 10.5. The van der Waals surface area contributed by atoms with Crippen LogP contribution in [0.15, 0.2) is 30.3 Å². The first-order valence-corrected chi connectivity index (χ1v) is 9.85. The topological polar surface area (TPSA) is 136 Å². The van der Waals surface area contributed by atoms with Crippen molar-refractivity contribution in [3.8, 4) is 0 Å². The lowest BCUT2D eigenvalue weighted by Crippen LogP contribution is -2.17. The van der Waals surface area contributed by atoms with Gasteiger partial charge in [0.05, 0.1) is 18.6 Å². The minimum atomic E-state index is -0.636. The van der Waals surface area contributed by atoms with Crippen LogP contribution in [0.3, 0.4) is 0 Å². The monoisotopic (exact) mass is 429 g/mol. The maximum absolute atomic E-state index is 12.6. The van der Waals surface area contributed by atoms with Crippen LogP contribution in [0.1, 0.15) is 43.9 Å². The molecule has 2 aromatic heterocycles. The van der Waals surface area contributed by atoms with Gasteiger partial charge in [0, 0.05) is 0 Å². The molecule has 2 heterocycles. The molecule has 0 atom stereocenters. The van der Waals surface area contributed by atoms with Gasteiger partial charge in [-0.15, -0.1) is 21.5 Å². The molecule has 0 aliphatic heterocycles. The maximum Gasteiger partial charge on any atom is 0.349 e. The Morgan fingerprint density at radius 3 is 2.57 bits per heavy atom. The molecule has 2 N–H and O–H groups in total. The fraction of sp³-hybridized carbons (Fsp3) is 0.263. The minimum absolute atomic E-state index is 0.0886. The lowest BCUT2D eigenvalue weighted by molar-refractivity contribution is -0.115. The number of H-pyrrole nitrogens is 1. The highest BCUT2D eigenvalue weighted by Crippen LogP contribution is 2.34. The zero-order valence-electron chi connectivity index (χ0n) is 16.3. The number of benzene rings is 1. The van der Waals surface area contributed by atoms with Gasteiger partial charge in [-0.3, -0.25) is 4.79 Å². The molecule has 156 valence electrons. The third-order valence-corrected chi connectivity index (χ3v) is 5.17. The molecule has 1 amide bonds. The summed E-state index contributed by atoms with van der Waals surface area (Å²) >= 11 is 0.953. The quantitative estimate of drug-likeness (QED) is 0.521. The first-order valence-electron chi connectivity index (χ1n) is 9.03. The van der Waals surface area contributed by atoms with Crippen LogP contribution in [0.25, 0.3) is 0 Å². The smallest absolute Gasteiger partial charge is 0.349 e. The molecule has 1 aromatic carbocycles. The normalized spacial score (nSPS) is 10.5. The lowest BCUT2D eigenvalue weighted by atomic mass is 10.1. The SMILES string of the molecule is CCOC(=O)c1c(NC(=O)Cc2nn[nH]n2)sc(C(=O)OCc2ccccc2)c1C. The van der Waals surface area contributed by atoms with Crippen molar-refractivity contribution in [1.82, 2.24) is 20.6 Å². The molecule has 0 saturated carbocycles. The molecule has 3 aromatic rings. The van der Waals surface area contributed by atoms with Crippen LogP contribution in [0.5, 0.6) is 0 Å². The number of hydrogen-bond donors (Lipinski definition) is 2. The minimum Gasteiger partial charge on any atom is -0.462 e. The van der Waals surface area contributed by atoms with Crippen LogP contribution in [-0.4, -0.2) is 45.1 Å². The van der Waals surface area contributed by atoms with E-state index >= 15 is 0 Å². The molecule has 0 bridgehead atoms. The number of nitrogens with zero attached hydrogens (tertiary/aromatic N) is 3. The number of thiophene rings is 1. The van der Waals surface area contributed by atoms with Crippen LogP contribution in [-0.2, 0) is 27.3 Å². The third-order valence-electron chi connectivity index (χ3n) is 3.99. The predicted molar refractivity (Wildman–Crippen MR) is 107 cm³/mol. The predicted octanol–water partition coefficient (Wildman–Crippen LogP) is 2.28. The van der Waals surface area contributed by atoms with Crippen molar-refractivity contribution < 1.29 is 23.9 Å². The van der Waals surface area contributed by atoms with Gasteiger partial charge >= 0.3 is 11.9 Å². The summed E-state index contributed by atoms with van der Waals surface area (Å²) in [6.07, 6.45) is -0.149. The van der Waals surface area contributed by atoms with Crippen molar-refractivity contribution >= 4 is 34.2 Å². The van der Waals surface area contributed by atoms with E-state index in [1.54, 1.807) is 13.8 Å². The van der Waals surface area contributed by atoms with Crippen LogP contribution >= 0.6 is 11.3 Å². The Balaban J connectivity index is 1.81. The van der Waals surface area contributed by atoms with Gasteiger partial charge in [-0.05, 0) is 25.0 Å². The molecule has 10 nitrogen and oxygen atoms in total. The molecule has 0 aliphatic rings. The number of aromatic amines is 1. The average molecular weight is 429 g/mol. The van der Waals surface area contributed by atoms with E-state index in [0.29, 0.717) is 5.56 Å². The molecule has 0 saturated heterocycles. The van der Waals surface area contributed by atoms with E-state index in [2.05, 4.69) is 25.9 Å². The van der Waals surface area contributed by atoms with Gasteiger partial charge in [-0.25, -0.2) is 9.59 Å². The Labute approximate surface area is 175 Å². The maximum atomic E-state index is 12.6. The zero-order valence-corrected chi connectivity index (χ0v) is 17.1. The van der Waals surface area contributed by atoms with Gasteiger partial charge in [0.15, 0.2) is 5.82 Å². The van der Waals surface area contributed by atoms with Crippen LogP contribution in [0.2, 0.25) is 0 Å². The summed E-state index contributed by atoms with van der Waals surface area (Å²) in [5.74, 6) is -1.50. The van der Waals surface area contributed by atoms with Crippen molar-refractivity contribution in [3.05, 3.63) is 57.7 Å². The van der Waals surface area contributed by atoms with Crippen LogP contribution in [0, 0.1) is 6.92 Å². The number of nitrogens with one attached hydrogen (secondary N) is 2. The van der Waals surface area contributed by atoms with Crippen molar-refractivity contribution in [1.29, 1.82) is 0 Å². The molecule has 3 rings (SSSR count). The van der Waals surface area contributed by atoms with Crippen molar-refractivity contribution in [2.24, 2.45) is 0 Å². The van der Waals surface area contributed by atoms with E-state index in [1.165, 1.54) is 0 Å². The zero-order chi connectivity index (χ0) is 21.5. The van der Waals surface area contributed by atoms with Crippen molar-refractivity contribution in [2.45, 2.75) is 26.9 Å². The van der Waals surface area contributed by atoms with E-state index in [4.69, 9.17) is 9.47 Å². The van der Waals surface area contributed by atoms with E-state index in [-0.39, 0.29) is 40.9 Å². The number of hydrogen-bond acceptors (Lipinski definition) is 9. The molecule has 0 radical (unpaired) electrons. The summed E-state index contributed by atoms with van der Waals surface area (Å²) in [7, 11) is 0. The molecule has 0 fully saturated rings. The molecule has 11 heteroatoms. The summed E-state index contributed by atoms with van der Waals surface area (Å²) in [4.78, 5) is 37.6. The van der Waals surface area contributed by atoms with E-state index in [9.17, 15) is 14.4 Å². The number of esters is 2. The van der Waals surface area contributed by atoms with Gasteiger partial charge in [0.2, 0.25) is 5.91 Å². The number of anilines is 1. The first-order chi connectivity index (χ1) is 14.5. The summed E-state index contributed by atoms with van der Waals surface area (Å²) in [5.41, 5.74) is 1.33. The molecule has 30 heavy (non-hydrogen) atoms. The molecule has 0 spiro atoms. The van der Waals surface area contributed by atoms with Crippen LogP contribution < -0.4 is 5.32 Å². The van der Waals surface area contributed by atoms with E-state index in [1.807, 2.05) is 30.3 Å². The Morgan fingerprint density at radius 2 is 1.90 bits per heavy atom. The number of amides is 1. The number of carbonyl (C=O) groups excluding carboxylic acids is 3. The van der Waals surface area contributed by atoms with Gasteiger partial charge in [-0.1, -0.05) is 35.5 Å².